The zero-order chi connectivity index (χ0) is 18.5. The highest BCUT2D eigenvalue weighted by Crippen LogP contribution is 2.56. The first-order chi connectivity index (χ1) is 13.1. The van der Waals surface area contributed by atoms with Crippen molar-refractivity contribution in [3.05, 3.63) is 46.7 Å². The predicted octanol–water partition coefficient (Wildman–Crippen LogP) is 4.21. The Balaban J connectivity index is 1.15. The van der Waals surface area contributed by atoms with Crippen LogP contribution in [0.15, 0.2) is 24.4 Å². The molecule has 0 aromatic heterocycles. The molecule has 3 fully saturated rings. The number of hydrogen-bond acceptors (Lipinski definition) is 2. The molecule has 0 bridgehead atoms. The maximum absolute atomic E-state index is 4.43. The second-order valence-electron chi connectivity index (χ2n) is 9.88. The molecular weight excluding hydrogens is 327 g/mol. The van der Waals surface area contributed by atoms with Crippen LogP contribution in [0.3, 0.4) is 0 Å². The molecule has 143 valence electrons. The van der Waals surface area contributed by atoms with Gasteiger partial charge < -0.3 is 9.80 Å². The molecule has 1 radical (unpaired) electrons. The molecule has 4 aliphatic rings. The lowest BCUT2D eigenvalue weighted by atomic mass is 9.60. The Kier molecular flexibility index (Phi) is 4.62. The van der Waals surface area contributed by atoms with Gasteiger partial charge in [0.2, 0.25) is 0 Å². The number of nitrogens with zero attached hydrogens (tertiary/aromatic N) is 2. The van der Waals surface area contributed by atoms with Crippen LogP contribution in [0.1, 0.15) is 53.9 Å². The van der Waals surface area contributed by atoms with Crippen molar-refractivity contribution < 1.29 is 0 Å². The van der Waals surface area contributed by atoms with E-state index in [0.717, 1.165) is 23.6 Å². The Bertz CT molecular complexity index is 736. The van der Waals surface area contributed by atoms with Gasteiger partial charge in [-0.05, 0) is 86.2 Å². The molecule has 1 aromatic rings. The molecule has 1 saturated carbocycles. The van der Waals surface area contributed by atoms with E-state index >= 15 is 0 Å². The van der Waals surface area contributed by atoms with Crippen LogP contribution < -0.4 is 0 Å². The molecule has 1 aliphatic carbocycles. The van der Waals surface area contributed by atoms with Crippen molar-refractivity contribution in [2.45, 2.75) is 57.1 Å². The molecule has 3 heterocycles. The van der Waals surface area contributed by atoms with E-state index in [-0.39, 0.29) is 0 Å². The van der Waals surface area contributed by atoms with Gasteiger partial charge in [-0.2, -0.15) is 0 Å². The van der Waals surface area contributed by atoms with E-state index in [1.54, 1.807) is 22.3 Å². The minimum atomic E-state index is 0.814. The number of likely N-dealkylation sites (tertiary alicyclic amines) is 2. The molecule has 3 heteroatoms. The fraction of sp³-hybridized carbons (Fsp3) is 0.667. The maximum atomic E-state index is 4.43. The Morgan fingerprint density at radius 3 is 2.89 bits per heavy atom. The number of rotatable bonds is 5. The third kappa shape index (κ3) is 3.48. The smallest absolute Gasteiger partial charge is 0.120 e. The largest absolute Gasteiger partial charge is 0.375 e. The van der Waals surface area contributed by atoms with E-state index in [4.69, 9.17) is 0 Å². The van der Waals surface area contributed by atoms with E-state index in [1.807, 2.05) is 0 Å². The molecule has 5 rings (SSSR count). The number of hydrogen-bond donors (Lipinski definition) is 0. The fourth-order valence-electron chi connectivity index (χ4n) is 5.94. The summed E-state index contributed by atoms with van der Waals surface area (Å²) in [7, 11) is 4.83. The molecule has 27 heavy (non-hydrogen) atoms. The van der Waals surface area contributed by atoms with Gasteiger partial charge in [0.1, 0.15) is 7.28 Å². The summed E-state index contributed by atoms with van der Waals surface area (Å²) in [5.74, 6) is 3.40. The van der Waals surface area contributed by atoms with E-state index in [2.05, 4.69) is 49.8 Å². The van der Waals surface area contributed by atoms with E-state index in [0.29, 0.717) is 0 Å². The van der Waals surface area contributed by atoms with Crippen LogP contribution in [-0.4, -0.2) is 50.3 Å². The molecule has 0 amide bonds. The van der Waals surface area contributed by atoms with Crippen LogP contribution in [0.25, 0.3) is 0 Å². The lowest BCUT2D eigenvalue weighted by Gasteiger charge is -2.44. The first kappa shape index (κ1) is 17.9. The normalized spacial score (nSPS) is 30.1. The van der Waals surface area contributed by atoms with Crippen molar-refractivity contribution in [1.29, 1.82) is 0 Å². The van der Waals surface area contributed by atoms with Crippen LogP contribution in [-0.2, 0) is 12.7 Å². The summed E-state index contributed by atoms with van der Waals surface area (Å²) < 4.78 is 0. The SMILES string of the molecule is C=C(CC1CCCN(C)C1)N1CC(Cc2ccc3c(c2C)C[B]C2CC32)C1. The van der Waals surface area contributed by atoms with E-state index < -0.39 is 0 Å². The predicted molar refractivity (Wildman–Crippen MR) is 114 cm³/mol. The second kappa shape index (κ2) is 6.99. The van der Waals surface area contributed by atoms with Crippen molar-refractivity contribution in [2.75, 3.05) is 33.2 Å². The Labute approximate surface area is 166 Å². The Morgan fingerprint density at radius 2 is 2.07 bits per heavy atom. The van der Waals surface area contributed by atoms with Crippen LogP contribution in [0, 0.1) is 18.8 Å². The molecule has 2 nitrogen and oxygen atoms in total. The lowest BCUT2D eigenvalue weighted by Crippen LogP contribution is -2.47. The fourth-order valence-corrected chi connectivity index (χ4v) is 5.94. The van der Waals surface area contributed by atoms with Gasteiger partial charge in [0.15, 0.2) is 0 Å². The molecular formula is C24H34BN2. The molecule has 3 atom stereocenters. The molecule has 3 aliphatic heterocycles. The summed E-state index contributed by atoms with van der Waals surface area (Å²) >= 11 is 0. The minimum absolute atomic E-state index is 0.814. The standard InChI is InChI=1S/C24H34BN2/c1-16(9-18-5-4-8-26(3)13-18)27-14-19(15-27)10-20-6-7-21-22-11-24(22)25-12-23(21)17(20)2/h6-7,18-19,22,24H,1,4-5,8-15H2,2-3H3. The highest BCUT2D eigenvalue weighted by molar-refractivity contribution is 6.39. The first-order valence-electron chi connectivity index (χ1n) is 11.1. The molecule has 0 spiro atoms. The Morgan fingerprint density at radius 1 is 1.22 bits per heavy atom. The van der Waals surface area contributed by atoms with Crippen LogP contribution >= 0.6 is 0 Å². The van der Waals surface area contributed by atoms with Gasteiger partial charge in [0, 0.05) is 25.3 Å². The molecule has 0 N–H and O–H groups in total. The van der Waals surface area contributed by atoms with E-state index in [9.17, 15) is 0 Å². The summed E-state index contributed by atoms with van der Waals surface area (Å²) in [5.41, 5.74) is 7.92. The Hall–Kier alpha value is -1.22. The summed E-state index contributed by atoms with van der Waals surface area (Å²) in [6, 6.07) is 4.91. The van der Waals surface area contributed by atoms with Gasteiger partial charge in [-0.3, -0.25) is 0 Å². The lowest BCUT2D eigenvalue weighted by molar-refractivity contribution is 0.125. The van der Waals surface area contributed by atoms with Gasteiger partial charge in [0.05, 0.1) is 0 Å². The van der Waals surface area contributed by atoms with Crippen LogP contribution in [0.4, 0.5) is 0 Å². The van der Waals surface area contributed by atoms with Crippen LogP contribution in [0.2, 0.25) is 5.82 Å². The average molecular weight is 361 g/mol. The monoisotopic (exact) mass is 361 g/mol. The summed E-state index contributed by atoms with van der Waals surface area (Å²) in [6.07, 6.45) is 7.81. The number of fused-ring (bicyclic) bond motifs is 3. The van der Waals surface area contributed by atoms with Crippen molar-refractivity contribution in [3.63, 3.8) is 0 Å². The maximum Gasteiger partial charge on any atom is 0.120 e. The second-order valence-corrected chi connectivity index (χ2v) is 9.88. The third-order valence-electron chi connectivity index (χ3n) is 7.77. The quantitative estimate of drug-likeness (QED) is 0.725. The van der Waals surface area contributed by atoms with Crippen molar-refractivity contribution in [1.82, 2.24) is 9.80 Å². The van der Waals surface area contributed by atoms with Gasteiger partial charge in [-0.25, -0.2) is 0 Å². The topological polar surface area (TPSA) is 6.48 Å². The minimum Gasteiger partial charge on any atom is -0.375 e. The van der Waals surface area contributed by atoms with Crippen molar-refractivity contribution in [2.24, 2.45) is 11.8 Å². The molecule has 3 unspecified atom stereocenters. The number of piperidine rings is 1. The third-order valence-corrected chi connectivity index (χ3v) is 7.77. The average Bonchev–Trinajstić information content (AvgIpc) is 3.39. The van der Waals surface area contributed by atoms with Crippen molar-refractivity contribution >= 4 is 7.28 Å². The zero-order valence-corrected chi connectivity index (χ0v) is 17.2. The molecule has 1 aromatic carbocycles. The summed E-state index contributed by atoms with van der Waals surface area (Å²) in [4.78, 5) is 5.04. The highest BCUT2D eigenvalue weighted by Gasteiger charge is 2.42. The summed E-state index contributed by atoms with van der Waals surface area (Å²) in [6.45, 7) is 11.8. The number of benzene rings is 1. The first-order valence-corrected chi connectivity index (χ1v) is 11.1. The van der Waals surface area contributed by atoms with Gasteiger partial charge in [-0.1, -0.05) is 37.3 Å². The van der Waals surface area contributed by atoms with Crippen LogP contribution in [0.5, 0.6) is 0 Å². The summed E-state index contributed by atoms with van der Waals surface area (Å²) in [5, 5.41) is 0. The van der Waals surface area contributed by atoms with E-state index in [1.165, 1.54) is 70.3 Å². The zero-order valence-electron chi connectivity index (χ0n) is 17.2. The number of allylic oxidation sites excluding steroid dienone is 1. The highest BCUT2D eigenvalue weighted by atomic mass is 15.2. The van der Waals surface area contributed by atoms with Gasteiger partial charge in [-0.15, -0.1) is 0 Å². The van der Waals surface area contributed by atoms with Gasteiger partial charge in [0.25, 0.3) is 0 Å². The van der Waals surface area contributed by atoms with Gasteiger partial charge >= 0.3 is 0 Å². The molecule has 2 saturated heterocycles. The van der Waals surface area contributed by atoms with Crippen molar-refractivity contribution in [3.8, 4) is 0 Å².